The number of rotatable bonds is 3. The molecular formula is C14H21Cl3N2. The van der Waals surface area contributed by atoms with Gasteiger partial charge in [0.25, 0.3) is 0 Å². The van der Waals surface area contributed by atoms with E-state index in [1.54, 1.807) is 0 Å². The van der Waals surface area contributed by atoms with Crippen LogP contribution >= 0.6 is 35.6 Å². The van der Waals surface area contributed by atoms with Crippen LogP contribution in [0.15, 0.2) is 18.2 Å². The summed E-state index contributed by atoms with van der Waals surface area (Å²) >= 11 is 12.2. The molecule has 1 aromatic rings. The van der Waals surface area contributed by atoms with Gasteiger partial charge >= 0.3 is 0 Å². The molecule has 1 heterocycles. The minimum atomic E-state index is 0. The number of benzene rings is 1. The summed E-state index contributed by atoms with van der Waals surface area (Å²) in [6.07, 6.45) is 2.37. The molecule has 1 saturated heterocycles. The van der Waals surface area contributed by atoms with Gasteiger partial charge < -0.3 is 5.73 Å². The lowest BCUT2D eigenvalue weighted by Gasteiger charge is -2.36. The number of nitrogens with zero attached hydrogens (tertiary/aromatic N) is 1. The van der Waals surface area contributed by atoms with Crippen molar-refractivity contribution < 1.29 is 0 Å². The molecule has 1 atom stereocenters. The fraction of sp³-hybridized carbons (Fsp3) is 0.571. The highest BCUT2D eigenvalue weighted by Gasteiger charge is 2.23. The molecule has 0 amide bonds. The first-order valence-corrected chi connectivity index (χ1v) is 7.26. The molecule has 0 radical (unpaired) electrons. The van der Waals surface area contributed by atoms with E-state index < -0.39 is 0 Å². The molecule has 0 bridgehead atoms. The van der Waals surface area contributed by atoms with Crippen molar-refractivity contribution in [2.75, 3.05) is 19.6 Å². The van der Waals surface area contributed by atoms with Crippen molar-refractivity contribution in [3.05, 3.63) is 33.8 Å². The Morgan fingerprint density at radius 1 is 1.32 bits per heavy atom. The van der Waals surface area contributed by atoms with Gasteiger partial charge in [-0.05, 0) is 63.0 Å². The summed E-state index contributed by atoms with van der Waals surface area (Å²) in [6.45, 7) is 5.21. The smallest absolute Gasteiger partial charge is 0.0468 e. The van der Waals surface area contributed by atoms with Gasteiger partial charge in [-0.25, -0.2) is 0 Å². The summed E-state index contributed by atoms with van der Waals surface area (Å²) in [5.41, 5.74) is 6.88. The Hall–Kier alpha value is 0.01000. The second-order valence-electron chi connectivity index (χ2n) is 5.06. The molecular weight excluding hydrogens is 303 g/mol. The topological polar surface area (TPSA) is 29.3 Å². The monoisotopic (exact) mass is 322 g/mol. The van der Waals surface area contributed by atoms with E-state index in [4.69, 9.17) is 28.9 Å². The van der Waals surface area contributed by atoms with E-state index in [1.807, 2.05) is 18.2 Å². The predicted octanol–water partition coefficient (Wildman–Crippen LogP) is 4.15. The van der Waals surface area contributed by atoms with Gasteiger partial charge in [0.1, 0.15) is 0 Å². The lowest BCUT2D eigenvalue weighted by atomic mass is 9.95. The maximum atomic E-state index is 6.27. The second kappa shape index (κ2) is 7.70. The first kappa shape index (κ1) is 17.1. The fourth-order valence-corrected chi connectivity index (χ4v) is 3.18. The Bertz CT molecular complexity index is 404. The van der Waals surface area contributed by atoms with E-state index in [1.165, 1.54) is 12.8 Å². The summed E-state index contributed by atoms with van der Waals surface area (Å²) in [4.78, 5) is 2.47. The zero-order chi connectivity index (χ0) is 13.1. The van der Waals surface area contributed by atoms with Crippen molar-refractivity contribution in [3.63, 3.8) is 0 Å². The SMILES string of the molecule is CC(c1ccc(Cl)cc1Cl)N1CCC(CN)CC1.Cl. The summed E-state index contributed by atoms with van der Waals surface area (Å²) < 4.78 is 0. The van der Waals surface area contributed by atoms with Gasteiger partial charge in [-0.2, -0.15) is 0 Å². The van der Waals surface area contributed by atoms with Gasteiger partial charge in [-0.3, -0.25) is 4.90 Å². The van der Waals surface area contributed by atoms with Gasteiger partial charge in [-0.15, -0.1) is 12.4 Å². The van der Waals surface area contributed by atoms with Crippen molar-refractivity contribution in [1.82, 2.24) is 4.90 Å². The minimum Gasteiger partial charge on any atom is -0.330 e. The van der Waals surface area contributed by atoms with Crippen LogP contribution in [0.1, 0.15) is 31.4 Å². The Balaban J connectivity index is 0.00000180. The van der Waals surface area contributed by atoms with Crippen molar-refractivity contribution >= 4 is 35.6 Å². The third-order valence-electron chi connectivity index (χ3n) is 3.94. The minimum absolute atomic E-state index is 0. The average molecular weight is 324 g/mol. The first-order chi connectivity index (χ1) is 8.61. The molecule has 2 N–H and O–H groups in total. The van der Waals surface area contributed by atoms with Crippen LogP contribution < -0.4 is 5.73 Å². The zero-order valence-electron chi connectivity index (χ0n) is 11.1. The molecule has 1 aromatic carbocycles. The Morgan fingerprint density at radius 3 is 2.47 bits per heavy atom. The lowest BCUT2D eigenvalue weighted by molar-refractivity contribution is 0.143. The molecule has 2 nitrogen and oxygen atoms in total. The molecule has 1 fully saturated rings. The van der Waals surface area contributed by atoms with Crippen LogP contribution in [0.4, 0.5) is 0 Å². The van der Waals surface area contributed by atoms with Gasteiger partial charge in [-0.1, -0.05) is 29.3 Å². The predicted molar refractivity (Wildman–Crippen MR) is 85.5 cm³/mol. The fourth-order valence-electron chi connectivity index (χ4n) is 2.61. The highest BCUT2D eigenvalue weighted by Crippen LogP contribution is 2.31. The molecule has 1 unspecified atom stereocenters. The molecule has 108 valence electrons. The molecule has 19 heavy (non-hydrogen) atoms. The molecule has 0 saturated carbocycles. The summed E-state index contributed by atoms with van der Waals surface area (Å²) in [7, 11) is 0. The number of piperidine rings is 1. The maximum absolute atomic E-state index is 6.27. The van der Waals surface area contributed by atoms with E-state index in [-0.39, 0.29) is 12.4 Å². The third-order valence-corrected chi connectivity index (χ3v) is 4.51. The van der Waals surface area contributed by atoms with Crippen molar-refractivity contribution in [1.29, 1.82) is 0 Å². The van der Waals surface area contributed by atoms with E-state index >= 15 is 0 Å². The van der Waals surface area contributed by atoms with Crippen molar-refractivity contribution in [2.24, 2.45) is 11.7 Å². The summed E-state index contributed by atoms with van der Waals surface area (Å²) in [5.74, 6) is 0.689. The standard InChI is InChI=1S/C14H20Cl2N2.ClH/c1-10(13-3-2-12(15)8-14(13)16)18-6-4-11(9-17)5-7-18;/h2-3,8,10-11H,4-7,9,17H2,1H3;1H. The van der Waals surface area contributed by atoms with Crippen molar-refractivity contribution in [2.45, 2.75) is 25.8 Å². The molecule has 5 heteroatoms. The van der Waals surface area contributed by atoms with E-state index in [9.17, 15) is 0 Å². The number of hydrogen-bond donors (Lipinski definition) is 1. The van der Waals surface area contributed by atoms with E-state index in [0.29, 0.717) is 17.0 Å². The molecule has 2 rings (SSSR count). The molecule has 0 aromatic heterocycles. The Morgan fingerprint density at radius 2 is 1.95 bits per heavy atom. The van der Waals surface area contributed by atoms with Gasteiger partial charge in [0, 0.05) is 16.1 Å². The molecule has 0 spiro atoms. The van der Waals surface area contributed by atoms with Crippen LogP contribution in [-0.4, -0.2) is 24.5 Å². The quantitative estimate of drug-likeness (QED) is 0.905. The Labute approximate surface area is 131 Å². The van der Waals surface area contributed by atoms with Crippen LogP contribution in [0.25, 0.3) is 0 Å². The highest BCUT2D eigenvalue weighted by molar-refractivity contribution is 6.35. The largest absolute Gasteiger partial charge is 0.330 e. The van der Waals surface area contributed by atoms with Crippen LogP contribution in [-0.2, 0) is 0 Å². The molecule has 0 aliphatic carbocycles. The number of halogens is 3. The van der Waals surface area contributed by atoms with Crippen LogP contribution in [0.2, 0.25) is 10.0 Å². The highest BCUT2D eigenvalue weighted by atomic mass is 35.5. The normalized spacial score (nSPS) is 18.9. The molecule has 1 aliphatic rings. The van der Waals surface area contributed by atoms with Crippen LogP contribution in [0, 0.1) is 5.92 Å². The van der Waals surface area contributed by atoms with E-state index in [2.05, 4.69) is 11.8 Å². The Kier molecular flexibility index (Phi) is 6.92. The number of nitrogens with two attached hydrogens (primary N) is 1. The van der Waals surface area contributed by atoms with Gasteiger partial charge in [0.15, 0.2) is 0 Å². The average Bonchev–Trinajstić information content (AvgIpc) is 2.38. The van der Waals surface area contributed by atoms with Gasteiger partial charge in [0.2, 0.25) is 0 Å². The zero-order valence-corrected chi connectivity index (χ0v) is 13.4. The first-order valence-electron chi connectivity index (χ1n) is 6.51. The second-order valence-corrected chi connectivity index (χ2v) is 5.90. The summed E-state index contributed by atoms with van der Waals surface area (Å²) in [5, 5.41) is 1.45. The van der Waals surface area contributed by atoms with Crippen LogP contribution in [0.3, 0.4) is 0 Å². The van der Waals surface area contributed by atoms with E-state index in [0.717, 1.165) is 30.2 Å². The lowest BCUT2D eigenvalue weighted by Crippen LogP contribution is -2.37. The maximum Gasteiger partial charge on any atom is 0.0468 e. The molecule has 1 aliphatic heterocycles. The summed E-state index contributed by atoms with van der Waals surface area (Å²) in [6, 6.07) is 6.10. The van der Waals surface area contributed by atoms with Gasteiger partial charge in [0.05, 0.1) is 0 Å². The number of likely N-dealkylation sites (tertiary alicyclic amines) is 1. The third kappa shape index (κ3) is 4.24. The van der Waals surface area contributed by atoms with Crippen molar-refractivity contribution in [3.8, 4) is 0 Å². The number of hydrogen-bond acceptors (Lipinski definition) is 2. The van der Waals surface area contributed by atoms with Crippen LogP contribution in [0.5, 0.6) is 0 Å².